The van der Waals surface area contributed by atoms with E-state index in [-0.39, 0.29) is 18.1 Å². The van der Waals surface area contributed by atoms with Crippen LogP contribution in [0.3, 0.4) is 0 Å². The zero-order chi connectivity index (χ0) is 17.1. The molecular formula is C19H26N4O2. The number of aliphatic hydroxyl groups is 1. The molecule has 3 fully saturated rings. The molecule has 134 valence electrons. The summed E-state index contributed by atoms with van der Waals surface area (Å²) >= 11 is 0. The summed E-state index contributed by atoms with van der Waals surface area (Å²) in [7, 11) is 1.86. The van der Waals surface area contributed by atoms with Gasteiger partial charge in [0.2, 0.25) is 0 Å². The Hall–Kier alpha value is -1.82. The summed E-state index contributed by atoms with van der Waals surface area (Å²) in [4.78, 5) is 15.1. The van der Waals surface area contributed by atoms with E-state index in [0.29, 0.717) is 23.9 Å². The number of hydrogen-bond acceptors (Lipinski definition) is 4. The SMILES string of the molecule is Cn1ncc(C(=O)NC2CC3=CCC4CC3C2C4)c1N1CCC(O)C1. The van der Waals surface area contributed by atoms with Crippen molar-refractivity contribution in [3.8, 4) is 0 Å². The maximum Gasteiger partial charge on any atom is 0.256 e. The fourth-order valence-electron chi connectivity index (χ4n) is 5.66. The molecule has 1 saturated heterocycles. The van der Waals surface area contributed by atoms with Crippen LogP contribution in [0.1, 0.15) is 42.5 Å². The summed E-state index contributed by atoms with van der Waals surface area (Å²) in [5.74, 6) is 2.98. The van der Waals surface area contributed by atoms with Gasteiger partial charge >= 0.3 is 0 Å². The van der Waals surface area contributed by atoms with Crippen LogP contribution in [-0.2, 0) is 7.05 Å². The first-order valence-electron chi connectivity index (χ1n) is 9.55. The number of allylic oxidation sites excluding steroid dienone is 1. The maximum absolute atomic E-state index is 13.0. The number of aromatic nitrogens is 2. The summed E-state index contributed by atoms with van der Waals surface area (Å²) in [5.41, 5.74) is 2.22. The number of carbonyl (C=O) groups excluding carboxylic acids is 1. The molecule has 0 aromatic carbocycles. The molecule has 0 radical (unpaired) electrons. The molecule has 2 bridgehead atoms. The van der Waals surface area contributed by atoms with E-state index in [1.54, 1.807) is 16.5 Å². The van der Waals surface area contributed by atoms with Crippen LogP contribution in [-0.4, -0.2) is 46.0 Å². The molecule has 25 heavy (non-hydrogen) atoms. The number of nitrogens with one attached hydrogen (secondary N) is 1. The lowest BCUT2D eigenvalue weighted by molar-refractivity contribution is 0.0926. The molecule has 2 N–H and O–H groups in total. The number of amides is 1. The number of carbonyl (C=O) groups is 1. The lowest BCUT2D eigenvalue weighted by Crippen LogP contribution is -2.38. The Kier molecular flexibility index (Phi) is 3.45. The smallest absolute Gasteiger partial charge is 0.256 e. The lowest BCUT2D eigenvalue weighted by Gasteiger charge is -2.23. The molecule has 3 aliphatic carbocycles. The summed E-state index contributed by atoms with van der Waals surface area (Å²) in [6, 6.07) is 0.270. The maximum atomic E-state index is 13.0. The van der Waals surface area contributed by atoms with Crippen molar-refractivity contribution in [1.82, 2.24) is 15.1 Å². The minimum absolute atomic E-state index is 0.0153. The monoisotopic (exact) mass is 342 g/mol. The second-order valence-electron chi connectivity index (χ2n) is 8.30. The fraction of sp³-hybridized carbons (Fsp3) is 0.684. The van der Waals surface area contributed by atoms with Crippen molar-refractivity contribution in [3.63, 3.8) is 0 Å². The highest BCUT2D eigenvalue weighted by molar-refractivity contribution is 5.99. The number of nitrogens with zero attached hydrogens (tertiary/aromatic N) is 3. The van der Waals surface area contributed by atoms with Gasteiger partial charge in [-0.1, -0.05) is 11.6 Å². The summed E-state index contributed by atoms with van der Waals surface area (Å²) in [6.45, 7) is 1.34. The van der Waals surface area contributed by atoms with Crippen molar-refractivity contribution in [2.45, 2.75) is 44.2 Å². The summed E-state index contributed by atoms with van der Waals surface area (Å²) in [6.07, 6.45) is 9.38. The van der Waals surface area contributed by atoms with Crippen LogP contribution in [0, 0.1) is 17.8 Å². The first kappa shape index (κ1) is 15.4. The Balaban J connectivity index is 1.36. The van der Waals surface area contributed by atoms with Crippen LogP contribution in [0.4, 0.5) is 5.82 Å². The number of hydrogen-bond donors (Lipinski definition) is 2. The average molecular weight is 342 g/mol. The minimum atomic E-state index is -0.317. The Bertz CT molecular complexity index is 740. The zero-order valence-corrected chi connectivity index (χ0v) is 14.7. The molecule has 1 aliphatic heterocycles. The van der Waals surface area contributed by atoms with Gasteiger partial charge in [-0.2, -0.15) is 5.10 Å². The van der Waals surface area contributed by atoms with Crippen LogP contribution in [0.5, 0.6) is 0 Å². The lowest BCUT2D eigenvalue weighted by atomic mass is 9.89. The van der Waals surface area contributed by atoms with Gasteiger partial charge in [0.25, 0.3) is 5.91 Å². The highest BCUT2D eigenvalue weighted by Gasteiger charge is 2.48. The van der Waals surface area contributed by atoms with Gasteiger partial charge in [-0.05, 0) is 49.9 Å². The Morgan fingerprint density at radius 1 is 1.40 bits per heavy atom. The first-order chi connectivity index (χ1) is 12.1. The zero-order valence-electron chi connectivity index (χ0n) is 14.7. The molecule has 1 amide bonds. The van der Waals surface area contributed by atoms with Crippen LogP contribution < -0.4 is 10.2 Å². The highest BCUT2D eigenvalue weighted by atomic mass is 16.3. The van der Waals surface area contributed by atoms with Crippen molar-refractivity contribution >= 4 is 11.7 Å². The third-order valence-electron chi connectivity index (χ3n) is 6.80. The van der Waals surface area contributed by atoms with E-state index in [1.165, 1.54) is 19.3 Å². The molecule has 2 heterocycles. The third kappa shape index (κ3) is 2.41. The van der Waals surface area contributed by atoms with Crippen LogP contribution >= 0.6 is 0 Å². The molecule has 2 saturated carbocycles. The van der Waals surface area contributed by atoms with Gasteiger partial charge in [-0.3, -0.25) is 9.48 Å². The van der Waals surface area contributed by atoms with E-state index in [9.17, 15) is 9.90 Å². The molecule has 1 aromatic rings. The van der Waals surface area contributed by atoms with E-state index in [0.717, 1.165) is 31.1 Å². The molecule has 4 aliphatic rings. The molecule has 6 heteroatoms. The van der Waals surface area contributed by atoms with Crippen LogP contribution in [0.25, 0.3) is 0 Å². The van der Waals surface area contributed by atoms with Gasteiger partial charge in [-0.15, -0.1) is 0 Å². The highest BCUT2D eigenvalue weighted by Crippen LogP contribution is 2.54. The molecule has 6 nitrogen and oxygen atoms in total. The number of anilines is 1. The van der Waals surface area contributed by atoms with Gasteiger partial charge < -0.3 is 15.3 Å². The van der Waals surface area contributed by atoms with Gasteiger partial charge in [-0.25, -0.2) is 0 Å². The fourth-order valence-corrected chi connectivity index (χ4v) is 5.66. The summed E-state index contributed by atoms with van der Waals surface area (Å²) < 4.78 is 1.75. The Labute approximate surface area is 147 Å². The van der Waals surface area contributed by atoms with Crippen molar-refractivity contribution in [1.29, 1.82) is 0 Å². The van der Waals surface area contributed by atoms with E-state index >= 15 is 0 Å². The molecular weight excluding hydrogens is 316 g/mol. The van der Waals surface area contributed by atoms with Crippen LogP contribution in [0.15, 0.2) is 17.8 Å². The van der Waals surface area contributed by atoms with Gasteiger partial charge in [0.05, 0.1) is 12.3 Å². The van der Waals surface area contributed by atoms with Crippen molar-refractivity contribution in [2.24, 2.45) is 24.8 Å². The third-order valence-corrected chi connectivity index (χ3v) is 6.80. The number of fused-ring (bicyclic) bond motifs is 1. The van der Waals surface area contributed by atoms with Crippen LogP contribution in [0.2, 0.25) is 0 Å². The molecule has 5 rings (SSSR count). The van der Waals surface area contributed by atoms with E-state index in [4.69, 9.17) is 0 Å². The quantitative estimate of drug-likeness (QED) is 0.816. The predicted molar refractivity (Wildman–Crippen MR) is 94.3 cm³/mol. The number of aliphatic hydroxyl groups excluding tert-OH is 1. The van der Waals surface area contributed by atoms with Crippen molar-refractivity contribution in [3.05, 3.63) is 23.4 Å². The van der Waals surface area contributed by atoms with E-state index < -0.39 is 0 Å². The standard InChI is InChI=1S/C19H26N4O2/c1-22-19(23-5-4-13(24)10-23)16(9-20-22)18(25)21-17-8-12-3-2-11-6-14(12)15(17)7-11/h3,9,11,13-15,17,24H,2,4-8,10H2,1H3,(H,21,25). The number of β-amino-alcohol motifs (C(OH)–C–C–N with tert-alkyl or cyclic N) is 1. The van der Waals surface area contributed by atoms with Gasteiger partial charge in [0.1, 0.15) is 11.4 Å². The first-order valence-corrected chi connectivity index (χ1v) is 9.55. The predicted octanol–water partition coefficient (Wildman–Crippen LogP) is 1.47. The summed E-state index contributed by atoms with van der Waals surface area (Å²) in [5, 5.41) is 17.5. The largest absolute Gasteiger partial charge is 0.391 e. The topological polar surface area (TPSA) is 70.4 Å². The molecule has 1 aromatic heterocycles. The Morgan fingerprint density at radius 3 is 3.08 bits per heavy atom. The molecule has 5 unspecified atom stereocenters. The molecule has 5 atom stereocenters. The minimum Gasteiger partial charge on any atom is -0.391 e. The normalized spacial score (nSPS) is 36.0. The molecule has 0 spiro atoms. The average Bonchev–Trinajstić information content (AvgIpc) is 3.30. The van der Waals surface area contributed by atoms with Crippen molar-refractivity contribution < 1.29 is 9.90 Å². The van der Waals surface area contributed by atoms with Gasteiger partial charge in [0, 0.05) is 26.2 Å². The second-order valence-corrected chi connectivity index (χ2v) is 8.30. The van der Waals surface area contributed by atoms with Gasteiger partial charge in [0.15, 0.2) is 0 Å². The Morgan fingerprint density at radius 2 is 2.28 bits per heavy atom. The van der Waals surface area contributed by atoms with E-state index in [2.05, 4.69) is 21.4 Å². The second kappa shape index (κ2) is 5.59. The number of rotatable bonds is 3. The van der Waals surface area contributed by atoms with Crippen molar-refractivity contribution in [2.75, 3.05) is 18.0 Å². The van der Waals surface area contributed by atoms with E-state index in [1.807, 2.05) is 7.05 Å². The number of aryl methyl sites for hydroxylation is 1.